The molecule has 3 aromatic rings. The van der Waals surface area contributed by atoms with Gasteiger partial charge in [0.2, 0.25) is 0 Å². The SMILES string of the molecule is C[C@H](NC(=O)c1ccc(Cl)c(Cl)c1)c1nc2cc(Cl)ccc2c(=O)n1C. The number of halogens is 3. The molecule has 0 fully saturated rings. The lowest BCUT2D eigenvalue weighted by molar-refractivity contribution is 0.0937. The predicted molar refractivity (Wildman–Crippen MR) is 104 cm³/mol. The third-order valence-corrected chi connectivity index (χ3v) is 4.96. The summed E-state index contributed by atoms with van der Waals surface area (Å²) < 4.78 is 1.41. The fourth-order valence-electron chi connectivity index (χ4n) is 2.63. The zero-order valence-electron chi connectivity index (χ0n) is 13.9. The summed E-state index contributed by atoms with van der Waals surface area (Å²) in [7, 11) is 1.61. The van der Waals surface area contributed by atoms with Crippen LogP contribution in [0, 0.1) is 0 Å². The van der Waals surface area contributed by atoms with Crippen molar-refractivity contribution in [3.8, 4) is 0 Å². The molecular formula is C18H14Cl3N3O2. The molecule has 0 bridgehead atoms. The minimum Gasteiger partial charge on any atom is -0.342 e. The van der Waals surface area contributed by atoms with Crippen LogP contribution in [0.2, 0.25) is 15.1 Å². The van der Waals surface area contributed by atoms with Crippen LogP contribution in [0.4, 0.5) is 0 Å². The topological polar surface area (TPSA) is 64.0 Å². The molecule has 1 heterocycles. The van der Waals surface area contributed by atoms with E-state index < -0.39 is 6.04 Å². The number of carbonyl (C=O) groups is 1. The van der Waals surface area contributed by atoms with Crippen LogP contribution in [0.3, 0.4) is 0 Å². The van der Waals surface area contributed by atoms with E-state index >= 15 is 0 Å². The maximum absolute atomic E-state index is 12.5. The molecule has 2 aromatic carbocycles. The number of hydrogen-bond acceptors (Lipinski definition) is 3. The van der Waals surface area contributed by atoms with Gasteiger partial charge in [0.15, 0.2) is 0 Å². The number of benzene rings is 2. The van der Waals surface area contributed by atoms with E-state index in [1.54, 1.807) is 44.3 Å². The molecular weight excluding hydrogens is 397 g/mol. The molecule has 1 aromatic heterocycles. The average Bonchev–Trinajstić information content (AvgIpc) is 2.60. The molecule has 26 heavy (non-hydrogen) atoms. The first-order chi connectivity index (χ1) is 12.3. The molecule has 3 rings (SSSR count). The average molecular weight is 411 g/mol. The molecule has 8 heteroatoms. The standard InChI is InChI=1S/C18H14Cl3N3O2/c1-9(22-17(25)10-3-6-13(20)14(21)7-10)16-23-15-8-11(19)4-5-12(15)18(26)24(16)2/h3-9H,1-2H3,(H,22,25)/t9-/m0/s1. The van der Waals surface area contributed by atoms with Gasteiger partial charge in [-0.05, 0) is 43.3 Å². The van der Waals surface area contributed by atoms with Crippen LogP contribution in [0.1, 0.15) is 29.1 Å². The minimum atomic E-state index is -0.516. The summed E-state index contributed by atoms with van der Waals surface area (Å²) in [6.45, 7) is 1.74. The summed E-state index contributed by atoms with van der Waals surface area (Å²) in [6, 6.07) is 8.99. The summed E-state index contributed by atoms with van der Waals surface area (Å²) in [6.07, 6.45) is 0. The monoisotopic (exact) mass is 409 g/mol. The molecule has 0 saturated carbocycles. The Morgan fingerprint density at radius 2 is 1.85 bits per heavy atom. The third kappa shape index (κ3) is 3.56. The summed E-state index contributed by atoms with van der Waals surface area (Å²) in [5.41, 5.74) is 0.628. The third-order valence-electron chi connectivity index (χ3n) is 3.99. The molecule has 5 nitrogen and oxygen atoms in total. The maximum Gasteiger partial charge on any atom is 0.261 e. The quantitative estimate of drug-likeness (QED) is 0.697. The van der Waals surface area contributed by atoms with Crippen molar-refractivity contribution in [1.82, 2.24) is 14.9 Å². The van der Waals surface area contributed by atoms with E-state index in [1.165, 1.54) is 10.6 Å². The van der Waals surface area contributed by atoms with Crippen molar-refractivity contribution in [2.24, 2.45) is 7.05 Å². The molecule has 0 saturated heterocycles. The molecule has 0 spiro atoms. The number of amides is 1. The summed E-state index contributed by atoms with van der Waals surface area (Å²) in [4.78, 5) is 29.5. The Morgan fingerprint density at radius 1 is 1.12 bits per heavy atom. The van der Waals surface area contributed by atoms with Crippen LogP contribution in [0.15, 0.2) is 41.2 Å². The van der Waals surface area contributed by atoms with Gasteiger partial charge in [-0.3, -0.25) is 14.2 Å². The number of fused-ring (bicyclic) bond motifs is 1. The predicted octanol–water partition coefficient (Wildman–Crippen LogP) is 4.38. The van der Waals surface area contributed by atoms with Crippen molar-refractivity contribution in [2.45, 2.75) is 13.0 Å². The van der Waals surface area contributed by atoms with Gasteiger partial charge in [0.25, 0.3) is 11.5 Å². The zero-order chi connectivity index (χ0) is 19.0. The van der Waals surface area contributed by atoms with Gasteiger partial charge in [-0.2, -0.15) is 0 Å². The van der Waals surface area contributed by atoms with Gasteiger partial charge in [0.1, 0.15) is 5.82 Å². The molecule has 1 amide bonds. The largest absolute Gasteiger partial charge is 0.342 e. The lowest BCUT2D eigenvalue weighted by atomic mass is 10.2. The van der Waals surface area contributed by atoms with E-state index in [9.17, 15) is 9.59 Å². The number of nitrogens with one attached hydrogen (secondary N) is 1. The van der Waals surface area contributed by atoms with Crippen molar-refractivity contribution in [1.29, 1.82) is 0 Å². The van der Waals surface area contributed by atoms with E-state index in [4.69, 9.17) is 34.8 Å². The molecule has 134 valence electrons. The second-order valence-electron chi connectivity index (χ2n) is 5.82. The first kappa shape index (κ1) is 18.7. The first-order valence-corrected chi connectivity index (χ1v) is 8.83. The summed E-state index contributed by atoms with van der Waals surface area (Å²) in [5.74, 6) is 0.0645. The number of rotatable bonds is 3. The lowest BCUT2D eigenvalue weighted by Crippen LogP contribution is -2.32. The Labute approximate surface area is 164 Å². The van der Waals surface area contributed by atoms with E-state index in [1.807, 2.05) is 0 Å². The number of hydrogen-bond donors (Lipinski definition) is 1. The van der Waals surface area contributed by atoms with Gasteiger partial charge in [-0.15, -0.1) is 0 Å². The minimum absolute atomic E-state index is 0.211. The molecule has 0 aliphatic heterocycles. The van der Waals surface area contributed by atoms with Gasteiger partial charge in [0.05, 0.1) is 27.0 Å². The van der Waals surface area contributed by atoms with Gasteiger partial charge in [-0.1, -0.05) is 34.8 Å². The number of aromatic nitrogens is 2. The smallest absolute Gasteiger partial charge is 0.261 e. The molecule has 0 unspecified atom stereocenters. The van der Waals surface area contributed by atoms with Gasteiger partial charge >= 0.3 is 0 Å². The van der Waals surface area contributed by atoms with Crippen LogP contribution in [0.25, 0.3) is 10.9 Å². The van der Waals surface area contributed by atoms with Gasteiger partial charge in [-0.25, -0.2) is 4.98 Å². The van der Waals surface area contributed by atoms with Crippen molar-refractivity contribution in [2.75, 3.05) is 0 Å². The van der Waals surface area contributed by atoms with Crippen LogP contribution in [0.5, 0.6) is 0 Å². The van der Waals surface area contributed by atoms with E-state index in [0.717, 1.165) is 0 Å². The van der Waals surface area contributed by atoms with Crippen molar-refractivity contribution in [3.05, 3.63) is 73.2 Å². The summed E-state index contributed by atoms with van der Waals surface area (Å²) in [5, 5.41) is 4.41. The Hall–Kier alpha value is -2.08. The molecule has 0 radical (unpaired) electrons. The van der Waals surface area contributed by atoms with E-state index in [0.29, 0.717) is 32.3 Å². The summed E-state index contributed by atoms with van der Waals surface area (Å²) >= 11 is 17.8. The normalized spacial score (nSPS) is 12.2. The highest BCUT2D eigenvalue weighted by Gasteiger charge is 2.18. The van der Waals surface area contributed by atoms with Crippen LogP contribution >= 0.6 is 34.8 Å². The molecule has 0 aliphatic carbocycles. The van der Waals surface area contributed by atoms with Crippen molar-refractivity contribution < 1.29 is 4.79 Å². The second kappa shape index (κ2) is 7.27. The highest BCUT2D eigenvalue weighted by molar-refractivity contribution is 6.42. The Bertz CT molecular complexity index is 1080. The highest BCUT2D eigenvalue weighted by Crippen LogP contribution is 2.23. The number of carbonyl (C=O) groups excluding carboxylic acids is 1. The second-order valence-corrected chi connectivity index (χ2v) is 7.07. The zero-order valence-corrected chi connectivity index (χ0v) is 16.2. The first-order valence-electron chi connectivity index (χ1n) is 7.70. The number of nitrogens with zero attached hydrogens (tertiary/aromatic N) is 2. The molecule has 1 N–H and O–H groups in total. The molecule has 1 atom stereocenters. The van der Waals surface area contributed by atoms with Gasteiger partial charge < -0.3 is 5.32 Å². The fraction of sp³-hybridized carbons (Fsp3) is 0.167. The van der Waals surface area contributed by atoms with Crippen LogP contribution < -0.4 is 10.9 Å². The van der Waals surface area contributed by atoms with Crippen LogP contribution in [-0.4, -0.2) is 15.5 Å². The maximum atomic E-state index is 12.5. The highest BCUT2D eigenvalue weighted by atomic mass is 35.5. The van der Waals surface area contributed by atoms with Crippen molar-refractivity contribution in [3.63, 3.8) is 0 Å². The van der Waals surface area contributed by atoms with Crippen molar-refractivity contribution >= 4 is 51.6 Å². The van der Waals surface area contributed by atoms with E-state index in [-0.39, 0.29) is 16.5 Å². The van der Waals surface area contributed by atoms with E-state index in [2.05, 4.69) is 10.3 Å². The lowest BCUT2D eigenvalue weighted by Gasteiger charge is -2.17. The van der Waals surface area contributed by atoms with Crippen LogP contribution in [-0.2, 0) is 7.05 Å². The Morgan fingerprint density at radius 3 is 2.54 bits per heavy atom. The Balaban J connectivity index is 1.95. The van der Waals surface area contributed by atoms with Gasteiger partial charge in [0, 0.05) is 17.6 Å². The Kier molecular flexibility index (Phi) is 5.23. The fourth-order valence-corrected chi connectivity index (χ4v) is 3.09. The molecule has 0 aliphatic rings.